The number of pyridine rings is 1. The van der Waals surface area contributed by atoms with Gasteiger partial charge in [-0.3, -0.25) is 9.88 Å². The molecular formula is C24H27N7O2. The maximum absolute atomic E-state index is 6.31. The highest BCUT2D eigenvalue weighted by Gasteiger charge is 2.28. The van der Waals surface area contributed by atoms with Gasteiger partial charge >= 0.3 is 0 Å². The fourth-order valence-corrected chi connectivity index (χ4v) is 4.85. The molecule has 4 aromatic rings. The minimum atomic E-state index is 0.247. The Morgan fingerprint density at radius 3 is 2.94 bits per heavy atom. The highest BCUT2D eigenvalue weighted by molar-refractivity contribution is 5.84. The lowest BCUT2D eigenvalue weighted by atomic mass is 10.1. The summed E-state index contributed by atoms with van der Waals surface area (Å²) in [6, 6.07) is 8.57. The van der Waals surface area contributed by atoms with Crippen LogP contribution in [0.4, 0.5) is 5.82 Å². The highest BCUT2D eigenvalue weighted by atomic mass is 16.5. The van der Waals surface area contributed by atoms with Crippen LogP contribution in [0.15, 0.2) is 43.1 Å². The lowest BCUT2D eigenvalue weighted by molar-refractivity contribution is 0.0343. The summed E-state index contributed by atoms with van der Waals surface area (Å²) < 4.78 is 11.8. The molecule has 0 aliphatic carbocycles. The van der Waals surface area contributed by atoms with Crippen LogP contribution in [-0.2, 0) is 11.3 Å². The van der Waals surface area contributed by atoms with Crippen LogP contribution in [0.1, 0.15) is 18.4 Å². The Labute approximate surface area is 191 Å². The molecule has 1 atom stereocenters. The van der Waals surface area contributed by atoms with Gasteiger partial charge in [-0.05, 0) is 42.7 Å². The number of anilines is 1. The molecule has 0 bridgehead atoms. The first-order valence-corrected chi connectivity index (χ1v) is 11.6. The Balaban J connectivity index is 1.20. The summed E-state index contributed by atoms with van der Waals surface area (Å²) >= 11 is 0. The molecule has 2 aliphatic rings. The van der Waals surface area contributed by atoms with Gasteiger partial charge in [-0.1, -0.05) is 0 Å². The number of nitrogens with one attached hydrogen (secondary N) is 1. The van der Waals surface area contributed by atoms with Gasteiger partial charge in [0, 0.05) is 37.8 Å². The predicted octanol–water partition coefficient (Wildman–Crippen LogP) is 2.78. The van der Waals surface area contributed by atoms with E-state index in [0.717, 1.165) is 85.9 Å². The number of aromatic nitrogens is 5. The zero-order valence-electron chi connectivity index (χ0n) is 18.5. The van der Waals surface area contributed by atoms with Crippen molar-refractivity contribution in [3.05, 3.63) is 48.7 Å². The smallest absolute Gasteiger partial charge is 0.162 e. The number of aromatic amines is 1. The number of hydrogen-bond acceptors (Lipinski definition) is 8. The van der Waals surface area contributed by atoms with Crippen LogP contribution in [0.3, 0.4) is 0 Å². The van der Waals surface area contributed by atoms with E-state index in [1.54, 1.807) is 12.7 Å². The first kappa shape index (κ1) is 20.3. The van der Waals surface area contributed by atoms with Crippen molar-refractivity contribution in [1.82, 2.24) is 29.8 Å². The zero-order chi connectivity index (χ0) is 22.0. The maximum Gasteiger partial charge on any atom is 0.162 e. The fraction of sp³-hybridized carbons (Fsp3) is 0.417. The number of hydrogen-bond donors (Lipinski definition) is 1. The third-order valence-corrected chi connectivity index (χ3v) is 6.59. The summed E-state index contributed by atoms with van der Waals surface area (Å²) in [4.78, 5) is 25.6. The van der Waals surface area contributed by atoms with Crippen molar-refractivity contribution in [3.63, 3.8) is 0 Å². The molecule has 2 fully saturated rings. The van der Waals surface area contributed by atoms with E-state index >= 15 is 0 Å². The Morgan fingerprint density at radius 1 is 1.06 bits per heavy atom. The molecule has 1 aromatic carbocycles. The second kappa shape index (κ2) is 8.92. The van der Waals surface area contributed by atoms with Gasteiger partial charge in [-0.15, -0.1) is 0 Å². The Morgan fingerprint density at radius 2 is 2.00 bits per heavy atom. The number of imidazole rings is 1. The number of rotatable bonds is 6. The van der Waals surface area contributed by atoms with Crippen LogP contribution in [0, 0.1) is 0 Å². The summed E-state index contributed by atoms with van der Waals surface area (Å²) in [5.74, 6) is 1.75. The van der Waals surface area contributed by atoms with Gasteiger partial charge in [0.1, 0.15) is 24.2 Å². The topological polar surface area (TPSA) is 92.3 Å². The standard InChI is InChI=1S/C24H27N7O2/c1-2-18(31(7-1)24-22-23(27-15-26-22)28-16-29-24)14-33-19-3-4-21-20(12-19)17(5-6-25-21)13-30-8-10-32-11-9-30/h3-6,12,15-16,18H,1-2,7-11,13-14H2,(H,26,27,28,29)/t18-/m1/s1. The van der Waals surface area contributed by atoms with Crippen LogP contribution in [0.5, 0.6) is 5.75 Å². The number of benzene rings is 1. The van der Waals surface area contributed by atoms with Crippen molar-refractivity contribution in [3.8, 4) is 5.75 Å². The number of H-pyrrole nitrogens is 1. The van der Waals surface area contributed by atoms with E-state index in [1.165, 1.54) is 5.56 Å². The molecular weight excluding hydrogens is 418 g/mol. The lowest BCUT2D eigenvalue weighted by Gasteiger charge is -2.27. The zero-order valence-corrected chi connectivity index (χ0v) is 18.5. The van der Waals surface area contributed by atoms with Gasteiger partial charge in [-0.2, -0.15) is 0 Å². The van der Waals surface area contributed by atoms with E-state index in [2.05, 4.69) is 52.9 Å². The minimum absolute atomic E-state index is 0.247. The van der Waals surface area contributed by atoms with E-state index in [9.17, 15) is 0 Å². The monoisotopic (exact) mass is 445 g/mol. The molecule has 5 heterocycles. The largest absolute Gasteiger partial charge is 0.491 e. The number of fused-ring (bicyclic) bond motifs is 2. The summed E-state index contributed by atoms with van der Waals surface area (Å²) in [5.41, 5.74) is 3.85. The van der Waals surface area contributed by atoms with Crippen molar-refractivity contribution >= 4 is 27.9 Å². The summed E-state index contributed by atoms with van der Waals surface area (Å²) in [6.07, 6.45) is 7.33. The Bertz CT molecular complexity index is 1250. The van der Waals surface area contributed by atoms with Crippen molar-refractivity contribution < 1.29 is 9.47 Å². The average Bonchev–Trinajstić information content (AvgIpc) is 3.53. The number of morpholine rings is 1. The predicted molar refractivity (Wildman–Crippen MR) is 125 cm³/mol. The molecule has 9 heteroatoms. The molecule has 3 aromatic heterocycles. The number of ether oxygens (including phenoxy) is 2. The quantitative estimate of drug-likeness (QED) is 0.484. The van der Waals surface area contributed by atoms with Crippen molar-refractivity contribution in [1.29, 1.82) is 0 Å². The van der Waals surface area contributed by atoms with Gasteiger partial charge in [0.05, 0.1) is 31.1 Å². The summed E-state index contributed by atoms with van der Waals surface area (Å²) in [5, 5.41) is 1.15. The normalized spacial score (nSPS) is 19.5. The fourth-order valence-electron chi connectivity index (χ4n) is 4.85. The van der Waals surface area contributed by atoms with Crippen LogP contribution in [-0.4, -0.2) is 75.3 Å². The van der Waals surface area contributed by atoms with E-state index in [4.69, 9.17) is 9.47 Å². The van der Waals surface area contributed by atoms with Crippen LogP contribution >= 0.6 is 0 Å². The molecule has 6 rings (SSSR count). The van der Waals surface area contributed by atoms with Crippen molar-refractivity contribution in [2.75, 3.05) is 44.4 Å². The second-order valence-electron chi connectivity index (χ2n) is 8.64. The van der Waals surface area contributed by atoms with Gasteiger partial charge < -0.3 is 19.4 Å². The first-order chi connectivity index (χ1) is 16.3. The van der Waals surface area contributed by atoms with Gasteiger partial charge in [0.15, 0.2) is 11.5 Å². The molecule has 2 saturated heterocycles. The van der Waals surface area contributed by atoms with Crippen molar-refractivity contribution in [2.45, 2.75) is 25.4 Å². The summed E-state index contributed by atoms with van der Waals surface area (Å²) in [6.45, 7) is 5.96. The molecule has 0 unspecified atom stereocenters. The Kier molecular flexibility index (Phi) is 5.49. The van der Waals surface area contributed by atoms with E-state index in [-0.39, 0.29) is 6.04 Å². The van der Waals surface area contributed by atoms with Crippen LogP contribution in [0.2, 0.25) is 0 Å². The van der Waals surface area contributed by atoms with E-state index < -0.39 is 0 Å². The molecule has 0 saturated carbocycles. The first-order valence-electron chi connectivity index (χ1n) is 11.6. The van der Waals surface area contributed by atoms with E-state index in [0.29, 0.717) is 6.61 Å². The molecule has 170 valence electrons. The van der Waals surface area contributed by atoms with Gasteiger partial charge in [-0.25, -0.2) is 15.0 Å². The lowest BCUT2D eigenvalue weighted by Crippen LogP contribution is -2.35. The maximum atomic E-state index is 6.31. The second-order valence-corrected chi connectivity index (χ2v) is 8.64. The minimum Gasteiger partial charge on any atom is -0.491 e. The van der Waals surface area contributed by atoms with Crippen molar-refractivity contribution in [2.24, 2.45) is 0 Å². The molecule has 33 heavy (non-hydrogen) atoms. The Hall–Kier alpha value is -3.30. The molecule has 9 nitrogen and oxygen atoms in total. The SMILES string of the molecule is c1cc(CN2CCOCC2)c2cc(OC[C@H]3CCCN3c3ncnc4[nH]cnc34)ccc2n1. The summed E-state index contributed by atoms with van der Waals surface area (Å²) in [7, 11) is 0. The molecule has 0 amide bonds. The van der Waals surface area contributed by atoms with E-state index in [1.807, 2.05) is 12.3 Å². The third kappa shape index (κ3) is 4.09. The van der Waals surface area contributed by atoms with Crippen LogP contribution in [0.25, 0.3) is 22.1 Å². The molecule has 2 aliphatic heterocycles. The molecule has 1 N–H and O–H groups in total. The number of nitrogens with zero attached hydrogens (tertiary/aromatic N) is 6. The van der Waals surface area contributed by atoms with Crippen LogP contribution < -0.4 is 9.64 Å². The van der Waals surface area contributed by atoms with Gasteiger partial charge in [0.2, 0.25) is 0 Å². The highest BCUT2D eigenvalue weighted by Crippen LogP contribution is 2.29. The molecule has 0 radical (unpaired) electrons. The average molecular weight is 446 g/mol. The molecule has 0 spiro atoms. The third-order valence-electron chi connectivity index (χ3n) is 6.59. The van der Waals surface area contributed by atoms with Gasteiger partial charge in [0.25, 0.3) is 0 Å².